The molecule has 20 heavy (non-hydrogen) atoms. The lowest BCUT2D eigenvalue weighted by atomic mass is 10.1. The summed E-state index contributed by atoms with van der Waals surface area (Å²) in [6, 6.07) is 4.91. The lowest BCUT2D eigenvalue weighted by molar-refractivity contribution is -0.132. The second kappa shape index (κ2) is 7.25. The van der Waals surface area contributed by atoms with Crippen LogP contribution in [0.4, 0.5) is 0 Å². The van der Waals surface area contributed by atoms with E-state index in [0.717, 1.165) is 11.6 Å². The molecule has 1 aromatic carbocycles. The third kappa shape index (κ3) is 4.37. The van der Waals surface area contributed by atoms with Gasteiger partial charge in [0.1, 0.15) is 0 Å². The minimum atomic E-state index is -0.635. The molecule has 0 spiro atoms. The zero-order valence-electron chi connectivity index (χ0n) is 11.3. The number of ether oxygens (including phenoxy) is 2. The van der Waals surface area contributed by atoms with Gasteiger partial charge in [-0.2, -0.15) is 0 Å². The fraction of sp³-hybridized carbons (Fsp3) is 0.200. The van der Waals surface area contributed by atoms with Crippen LogP contribution in [0.1, 0.15) is 12.5 Å². The van der Waals surface area contributed by atoms with E-state index in [9.17, 15) is 9.59 Å². The van der Waals surface area contributed by atoms with Crippen LogP contribution in [0.25, 0.3) is 0 Å². The predicted molar refractivity (Wildman–Crippen MR) is 75.5 cm³/mol. The predicted octanol–water partition coefficient (Wildman–Crippen LogP) is 1.76. The Hall–Kier alpha value is -2.40. The van der Waals surface area contributed by atoms with Crippen molar-refractivity contribution in [1.82, 2.24) is 0 Å². The summed E-state index contributed by atoms with van der Waals surface area (Å²) in [5.41, 5.74) is 6.60. The highest BCUT2D eigenvalue weighted by Gasteiger charge is 2.14. The molecule has 0 atom stereocenters. The molecule has 0 aliphatic carbocycles. The summed E-state index contributed by atoms with van der Waals surface area (Å²) in [6.45, 7) is 8.80. The molecule has 0 amide bonds. The smallest absolute Gasteiger partial charge is 0.338 e. The molecule has 0 unspecified atom stereocenters. The molecule has 0 radical (unpaired) electrons. The minimum Gasteiger partial charge on any atom is -0.419 e. The summed E-state index contributed by atoms with van der Waals surface area (Å²) in [7, 11) is 0. The average Bonchev–Trinajstić information content (AvgIpc) is 2.41. The fourth-order valence-corrected chi connectivity index (χ4v) is 1.38. The van der Waals surface area contributed by atoms with E-state index in [-0.39, 0.29) is 17.1 Å². The van der Waals surface area contributed by atoms with E-state index in [0.29, 0.717) is 13.0 Å². The number of esters is 2. The quantitative estimate of drug-likeness (QED) is 0.486. The van der Waals surface area contributed by atoms with Crippen LogP contribution in [0.15, 0.2) is 43.0 Å². The van der Waals surface area contributed by atoms with Gasteiger partial charge in [0, 0.05) is 11.6 Å². The zero-order chi connectivity index (χ0) is 15.1. The second-order valence-corrected chi connectivity index (χ2v) is 4.11. The van der Waals surface area contributed by atoms with Crippen molar-refractivity contribution in [2.45, 2.75) is 13.3 Å². The summed E-state index contributed by atoms with van der Waals surface area (Å²) in [5.74, 6) is -0.931. The molecular weight excluding hydrogens is 258 g/mol. The zero-order valence-corrected chi connectivity index (χ0v) is 11.3. The first kappa shape index (κ1) is 15.7. The largest absolute Gasteiger partial charge is 0.419 e. The van der Waals surface area contributed by atoms with Crippen molar-refractivity contribution in [2.75, 3.05) is 6.54 Å². The number of hydrogen-bond donors (Lipinski definition) is 1. The monoisotopic (exact) mass is 275 g/mol. The third-order valence-electron chi connectivity index (χ3n) is 2.37. The Bertz CT molecular complexity index is 549. The molecule has 1 rings (SSSR count). The van der Waals surface area contributed by atoms with Crippen LogP contribution in [-0.2, 0) is 16.0 Å². The number of carbonyl (C=O) groups excluding carboxylic acids is 2. The normalized spacial score (nSPS) is 9.70. The lowest BCUT2D eigenvalue weighted by Gasteiger charge is -2.11. The van der Waals surface area contributed by atoms with Crippen LogP contribution in [0, 0.1) is 0 Å². The van der Waals surface area contributed by atoms with Crippen molar-refractivity contribution >= 4 is 11.9 Å². The molecule has 0 bridgehead atoms. The molecule has 2 N–H and O–H groups in total. The number of benzene rings is 1. The molecule has 0 fully saturated rings. The molecule has 0 heterocycles. The van der Waals surface area contributed by atoms with Crippen molar-refractivity contribution in [1.29, 1.82) is 0 Å². The Kier molecular flexibility index (Phi) is 5.68. The maximum Gasteiger partial charge on any atom is 0.338 e. The first-order chi connectivity index (χ1) is 9.47. The van der Waals surface area contributed by atoms with Crippen molar-refractivity contribution in [3.05, 3.63) is 48.6 Å². The summed E-state index contributed by atoms with van der Waals surface area (Å²) >= 11 is 0. The third-order valence-corrected chi connectivity index (χ3v) is 2.37. The van der Waals surface area contributed by atoms with E-state index in [1.54, 1.807) is 18.2 Å². The van der Waals surface area contributed by atoms with E-state index >= 15 is 0 Å². The molecule has 5 nitrogen and oxygen atoms in total. The molecule has 0 aromatic heterocycles. The van der Waals surface area contributed by atoms with Crippen LogP contribution in [-0.4, -0.2) is 18.5 Å². The first-order valence-electron chi connectivity index (χ1n) is 6.03. The van der Waals surface area contributed by atoms with Crippen LogP contribution in [0.3, 0.4) is 0 Å². The van der Waals surface area contributed by atoms with E-state index in [1.807, 2.05) is 0 Å². The van der Waals surface area contributed by atoms with Crippen molar-refractivity contribution in [3.63, 3.8) is 0 Å². The van der Waals surface area contributed by atoms with Gasteiger partial charge in [0.15, 0.2) is 11.5 Å². The Morgan fingerprint density at radius 3 is 2.55 bits per heavy atom. The number of rotatable bonds is 6. The second-order valence-electron chi connectivity index (χ2n) is 4.11. The highest BCUT2D eigenvalue weighted by atomic mass is 16.6. The Labute approximate surface area is 117 Å². The van der Waals surface area contributed by atoms with Gasteiger partial charge in [-0.1, -0.05) is 19.2 Å². The SMILES string of the molecule is C=CC(=O)Oc1ccc(CCN)cc1OC(=O)C(=C)C. The highest BCUT2D eigenvalue weighted by Crippen LogP contribution is 2.29. The minimum absolute atomic E-state index is 0.144. The van der Waals surface area contributed by atoms with Gasteiger partial charge in [-0.15, -0.1) is 0 Å². The van der Waals surface area contributed by atoms with Gasteiger partial charge in [0.05, 0.1) is 0 Å². The van der Waals surface area contributed by atoms with Gasteiger partial charge in [-0.25, -0.2) is 9.59 Å². The van der Waals surface area contributed by atoms with Crippen molar-refractivity contribution in [3.8, 4) is 11.5 Å². The van der Waals surface area contributed by atoms with Gasteiger partial charge in [0.25, 0.3) is 0 Å². The van der Waals surface area contributed by atoms with Gasteiger partial charge in [0.2, 0.25) is 0 Å². The number of nitrogens with two attached hydrogens (primary N) is 1. The van der Waals surface area contributed by atoms with Crippen LogP contribution >= 0.6 is 0 Å². The van der Waals surface area contributed by atoms with Crippen LogP contribution in [0.5, 0.6) is 11.5 Å². The average molecular weight is 275 g/mol. The number of carbonyl (C=O) groups is 2. The molecule has 1 aromatic rings. The Balaban J connectivity index is 3.08. The molecule has 5 heteroatoms. The van der Waals surface area contributed by atoms with E-state index in [4.69, 9.17) is 15.2 Å². The Morgan fingerprint density at radius 2 is 2.00 bits per heavy atom. The topological polar surface area (TPSA) is 78.6 Å². The molecule has 0 saturated heterocycles. The van der Waals surface area contributed by atoms with Gasteiger partial charge in [-0.3, -0.25) is 0 Å². The molecule has 0 saturated carbocycles. The van der Waals surface area contributed by atoms with Gasteiger partial charge >= 0.3 is 11.9 Å². The summed E-state index contributed by atoms with van der Waals surface area (Å²) in [6.07, 6.45) is 1.64. The van der Waals surface area contributed by atoms with Crippen LogP contribution in [0.2, 0.25) is 0 Å². The maximum absolute atomic E-state index is 11.6. The van der Waals surface area contributed by atoms with E-state index in [1.165, 1.54) is 6.92 Å². The van der Waals surface area contributed by atoms with Crippen molar-refractivity contribution in [2.24, 2.45) is 5.73 Å². The highest BCUT2D eigenvalue weighted by molar-refractivity contribution is 5.89. The van der Waals surface area contributed by atoms with Gasteiger partial charge in [-0.05, 0) is 37.6 Å². The Morgan fingerprint density at radius 1 is 1.30 bits per heavy atom. The molecule has 0 aliphatic rings. The van der Waals surface area contributed by atoms with E-state index in [2.05, 4.69) is 13.2 Å². The van der Waals surface area contributed by atoms with Crippen molar-refractivity contribution < 1.29 is 19.1 Å². The summed E-state index contributed by atoms with van der Waals surface area (Å²) < 4.78 is 10.2. The molecule has 106 valence electrons. The number of hydrogen-bond acceptors (Lipinski definition) is 5. The van der Waals surface area contributed by atoms with Gasteiger partial charge < -0.3 is 15.2 Å². The first-order valence-corrected chi connectivity index (χ1v) is 6.03. The lowest BCUT2D eigenvalue weighted by Crippen LogP contribution is -2.12. The fourth-order valence-electron chi connectivity index (χ4n) is 1.38. The van der Waals surface area contributed by atoms with Crippen LogP contribution < -0.4 is 15.2 Å². The summed E-state index contributed by atoms with van der Waals surface area (Å²) in [4.78, 5) is 22.8. The molecule has 0 aliphatic heterocycles. The van der Waals surface area contributed by atoms with E-state index < -0.39 is 11.9 Å². The maximum atomic E-state index is 11.6. The standard InChI is InChI=1S/C15H17NO4/c1-4-14(17)19-12-6-5-11(7-8-16)9-13(12)20-15(18)10(2)3/h4-6,9H,1-2,7-8,16H2,3H3. The summed E-state index contributed by atoms with van der Waals surface area (Å²) in [5, 5.41) is 0. The molecular formula is C15H17NO4.